The van der Waals surface area contributed by atoms with Crippen LogP contribution in [0.1, 0.15) is 30.1 Å². The number of amides is 1. The topological polar surface area (TPSA) is 75.6 Å². The molecule has 1 atom stereocenters. The molecule has 0 heterocycles. The van der Waals surface area contributed by atoms with E-state index in [-0.39, 0.29) is 11.5 Å². The summed E-state index contributed by atoms with van der Waals surface area (Å²) in [6.45, 7) is 1.54. The molecule has 1 unspecified atom stereocenters. The van der Waals surface area contributed by atoms with Crippen LogP contribution in [0.5, 0.6) is 5.75 Å². The van der Waals surface area contributed by atoms with Crippen LogP contribution in [0.3, 0.4) is 0 Å². The van der Waals surface area contributed by atoms with Crippen LogP contribution >= 0.6 is 11.6 Å². The first kappa shape index (κ1) is 14.7. The van der Waals surface area contributed by atoms with Gasteiger partial charge in [-0.3, -0.25) is 4.79 Å². The Bertz CT molecular complexity index is 556. The maximum atomic E-state index is 12.3. The van der Waals surface area contributed by atoms with Crippen molar-refractivity contribution in [2.24, 2.45) is 5.92 Å². The summed E-state index contributed by atoms with van der Waals surface area (Å²) in [6, 6.07) is 4.60. The summed E-state index contributed by atoms with van der Waals surface area (Å²) >= 11 is 5.84. The molecule has 1 fully saturated rings. The van der Waals surface area contributed by atoms with Gasteiger partial charge in [0.25, 0.3) is 5.91 Å². The summed E-state index contributed by atoms with van der Waals surface area (Å²) < 4.78 is 5.11. The molecule has 1 amide bonds. The molecular weight excluding hydrogens is 282 g/mol. The maximum absolute atomic E-state index is 12.3. The normalized spacial score (nSPS) is 17.1. The number of carboxylic acids is 1. The van der Waals surface area contributed by atoms with Gasteiger partial charge in [0.2, 0.25) is 0 Å². The lowest BCUT2D eigenvalue weighted by molar-refractivity contribution is -0.144. The summed E-state index contributed by atoms with van der Waals surface area (Å²) in [5, 5.41) is 12.4. The SMILES string of the molecule is COc1cc(Cl)ccc1C(=O)NC(C)(C(=O)O)C1CC1. The zero-order chi connectivity index (χ0) is 14.9. The molecule has 0 bridgehead atoms. The van der Waals surface area contributed by atoms with Crippen molar-refractivity contribution in [3.8, 4) is 5.75 Å². The number of nitrogens with one attached hydrogen (secondary N) is 1. The smallest absolute Gasteiger partial charge is 0.329 e. The highest BCUT2D eigenvalue weighted by molar-refractivity contribution is 6.30. The van der Waals surface area contributed by atoms with Crippen molar-refractivity contribution in [3.63, 3.8) is 0 Å². The van der Waals surface area contributed by atoms with Crippen molar-refractivity contribution < 1.29 is 19.4 Å². The fourth-order valence-electron chi connectivity index (χ4n) is 2.15. The van der Waals surface area contributed by atoms with Crippen LogP contribution in [0.15, 0.2) is 18.2 Å². The molecule has 1 aromatic rings. The zero-order valence-electron chi connectivity index (χ0n) is 11.3. The zero-order valence-corrected chi connectivity index (χ0v) is 12.0. The van der Waals surface area contributed by atoms with E-state index in [1.165, 1.54) is 26.2 Å². The third-order valence-electron chi connectivity index (χ3n) is 3.62. The van der Waals surface area contributed by atoms with E-state index in [0.29, 0.717) is 10.8 Å². The number of rotatable bonds is 5. The van der Waals surface area contributed by atoms with Crippen LogP contribution in [0.2, 0.25) is 5.02 Å². The van der Waals surface area contributed by atoms with E-state index in [4.69, 9.17) is 16.3 Å². The van der Waals surface area contributed by atoms with Crippen molar-refractivity contribution in [1.29, 1.82) is 0 Å². The van der Waals surface area contributed by atoms with E-state index in [9.17, 15) is 14.7 Å². The molecule has 0 radical (unpaired) electrons. The molecule has 20 heavy (non-hydrogen) atoms. The summed E-state index contributed by atoms with van der Waals surface area (Å²) in [5.41, 5.74) is -0.980. The molecule has 0 aliphatic heterocycles. The monoisotopic (exact) mass is 297 g/mol. The van der Waals surface area contributed by atoms with E-state index in [0.717, 1.165) is 12.8 Å². The second-order valence-electron chi connectivity index (χ2n) is 5.08. The highest BCUT2D eigenvalue weighted by atomic mass is 35.5. The predicted molar refractivity (Wildman–Crippen MR) is 74.2 cm³/mol. The highest BCUT2D eigenvalue weighted by Crippen LogP contribution is 2.40. The van der Waals surface area contributed by atoms with Gasteiger partial charge in [-0.1, -0.05) is 11.6 Å². The second kappa shape index (κ2) is 5.32. The molecule has 0 spiro atoms. The largest absolute Gasteiger partial charge is 0.496 e. The number of halogens is 1. The molecule has 0 aromatic heterocycles. The molecule has 0 saturated heterocycles. The molecule has 1 aliphatic carbocycles. The minimum atomic E-state index is -1.25. The lowest BCUT2D eigenvalue weighted by atomic mass is 9.95. The van der Waals surface area contributed by atoms with Crippen molar-refractivity contribution in [3.05, 3.63) is 28.8 Å². The Balaban J connectivity index is 2.25. The molecule has 1 saturated carbocycles. The van der Waals surface area contributed by atoms with E-state index in [1.54, 1.807) is 6.07 Å². The van der Waals surface area contributed by atoms with Crippen LogP contribution < -0.4 is 10.1 Å². The predicted octanol–water partition coefficient (Wildman–Crippen LogP) is 2.33. The number of aliphatic carboxylic acids is 1. The first-order valence-electron chi connectivity index (χ1n) is 6.28. The average Bonchev–Trinajstić information content (AvgIpc) is 3.22. The second-order valence-corrected chi connectivity index (χ2v) is 5.52. The van der Waals surface area contributed by atoms with Gasteiger partial charge < -0.3 is 15.2 Å². The van der Waals surface area contributed by atoms with Crippen LogP contribution in [-0.2, 0) is 4.79 Å². The lowest BCUT2D eigenvalue weighted by Crippen LogP contribution is -2.54. The molecule has 2 N–H and O–H groups in total. The lowest BCUT2D eigenvalue weighted by Gasteiger charge is -2.26. The first-order chi connectivity index (χ1) is 9.38. The fourth-order valence-corrected chi connectivity index (χ4v) is 2.31. The number of carboxylic acid groups (broad SMARTS) is 1. The Morgan fingerprint density at radius 2 is 2.10 bits per heavy atom. The van der Waals surface area contributed by atoms with Gasteiger partial charge in [0.15, 0.2) is 0 Å². The van der Waals surface area contributed by atoms with Crippen molar-refractivity contribution >= 4 is 23.5 Å². The van der Waals surface area contributed by atoms with Gasteiger partial charge in [-0.25, -0.2) is 4.79 Å². The molecule has 2 rings (SSSR count). The molecule has 1 aromatic carbocycles. The van der Waals surface area contributed by atoms with Gasteiger partial charge in [0, 0.05) is 5.02 Å². The minimum Gasteiger partial charge on any atom is -0.496 e. The number of carbonyl (C=O) groups is 2. The van der Waals surface area contributed by atoms with Gasteiger partial charge in [-0.05, 0) is 43.9 Å². The number of carbonyl (C=O) groups excluding carboxylic acids is 1. The van der Waals surface area contributed by atoms with Crippen molar-refractivity contribution in [1.82, 2.24) is 5.32 Å². The number of hydrogen-bond acceptors (Lipinski definition) is 3. The Kier molecular flexibility index (Phi) is 3.90. The van der Waals surface area contributed by atoms with E-state index < -0.39 is 17.4 Å². The summed E-state index contributed by atoms with van der Waals surface area (Å²) in [6.07, 6.45) is 1.61. The number of methoxy groups -OCH3 is 1. The van der Waals surface area contributed by atoms with Crippen LogP contribution in [0.4, 0.5) is 0 Å². The molecule has 1 aliphatic rings. The van der Waals surface area contributed by atoms with E-state index in [1.807, 2.05) is 0 Å². The summed E-state index contributed by atoms with van der Waals surface area (Å²) in [7, 11) is 1.43. The first-order valence-corrected chi connectivity index (χ1v) is 6.65. The fraction of sp³-hybridized carbons (Fsp3) is 0.429. The number of benzene rings is 1. The van der Waals surface area contributed by atoms with Gasteiger partial charge >= 0.3 is 5.97 Å². The molecule has 6 heteroatoms. The minimum absolute atomic E-state index is 0.0257. The van der Waals surface area contributed by atoms with Crippen LogP contribution in [-0.4, -0.2) is 29.6 Å². The Morgan fingerprint density at radius 1 is 1.45 bits per heavy atom. The maximum Gasteiger partial charge on any atom is 0.329 e. The third-order valence-corrected chi connectivity index (χ3v) is 3.85. The molecule has 5 nitrogen and oxygen atoms in total. The Labute approximate surface area is 121 Å². The van der Waals surface area contributed by atoms with Gasteiger partial charge in [-0.2, -0.15) is 0 Å². The van der Waals surface area contributed by atoms with Gasteiger partial charge in [0.05, 0.1) is 12.7 Å². The Hall–Kier alpha value is -1.75. The Morgan fingerprint density at radius 3 is 2.60 bits per heavy atom. The number of ether oxygens (including phenoxy) is 1. The van der Waals surface area contributed by atoms with Gasteiger partial charge in [0.1, 0.15) is 11.3 Å². The average molecular weight is 298 g/mol. The van der Waals surface area contributed by atoms with Crippen LogP contribution in [0, 0.1) is 5.92 Å². The van der Waals surface area contributed by atoms with Crippen molar-refractivity contribution in [2.75, 3.05) is 7.11 Å². The van der Waals surface area contributed by atoms with Crippen LogP contribution in [0.25, 0.3) is 0 Å². The van der Waals surface area contributed by atoms with Gasteiger partial charge in [-0.15, -0.1) is 0 Å². The standard InChI is InChI=1S/C14H16ClNO4/c1-14(13(18)19,8-3-4-8)16-12(17)10-6-5-9(15)7-11(10)20-2/h5-8H,3-4H2,1-2H3,(H,16,17)(H,18,19). The molecule has 108 valence electrons. The van der Waals surface area contributed by atoms with E-state index >= 15 is 0 Å². The number of hydrogen-bond donors (Lipinski definition) is 2. The highest BCUT2D eigenvalue weighted by Gasteiger charge is 2.48. The third kappa shape index (κ3) is 2.72. The quantitative estimate of drug-likeness (QED) is 0.874. The van der Waals surface area contributed by atoms with E-state index in [2.05, 4.69) is 5.32 Å². The van der Waals surface area contributed by atoms with Crippen molar-refractivity contribution in [2.45, 2.75) is 25.3 Å². The summed E-state index contributed by atoms with van der Waals surface area (Å²) in [4.78, 5) is 23.7. The summed E-state index contributed by atoms with van der Waals surface area (Å²) in [5.74, 6) is -1.21. The molecular formula is C14H16ClNO4.